The molecule has 6 heteroatoms. The molecule has 1 aliphatic carbocycles. The van der Waals surface area contributed by atoms with E-state index in [4.69, 9.17) is 14.1 Å². The average Bonchev–Trinajstić information content (AvgIpc) is 3.35. The third-order valence-electron chi connectivity index (χ3n) is 6.81. The monoisotopic (exact) mass is 444 g/mol. The number of rotatable bonds is 3. The van der Waals surface area contributed by atoms with Crippen LogP contribution in [0.15, 0.2) is 47.1 Å². The number of para-hydroxylation sites is 1. The van der Waals surface area contributed by atoms with Crippen LogP contribution in [0.4, 0.5) is 0 Å². The molecule has 3 heterocycles. The van der Waals surface area contributed by atoms with E-state index in [-0.39, 0.29) is 17.8 Å². The van der Waals surface area contributed by atoms with Gasteiger partial charge >= 0.3 is 5.97 Å². The van der Waals surface area contributed by atoms with Gasteiger partial charge in [0.05, 0.1) is 36.1 Å². The van der Waals surface area contributed by atoms with Crippen LogP contribution in [0.25, 0.3) is 22.6 Å². The van der Waals surface area contributed by atoms with Gasteiger partial charge in [-0.15, -0.1) is 0 Å². The number of benzene rings is 1. The van der Waals surface area contributed by atoms with Crippen molar-refractivity contribution in [3.63, 3.8) is 0 Å². The van der Waals surface area contributed by atoms with Gasteiger partial charge < -0.3 is 14.1 Å². The summed E-state index contributed by atoms with van der Waals surface area (Å²) in [5, 5.41) is 0.891. The van der Waals surface area contributed by atoms with Crippen LogP contribution in [-0.4, -0.2) is 42.0 Å². The van der Waals surface area contributed by atoms with Crippen molar-refractivity contribution in [3.05, 3.63) is 65.2 Å². The van der Waals surface area contributed by atoms with Crippen LogP contribution < -0.4 is 0 Å². The first kappa shape index (κ1) is 21.4. The molecule has 1 aromatic carbocycles. The van der Waals surface area contributed by atoms with Crippen LogP contribution >= 0.6 is 0 Å². The second-order valence-electron chi connectivity index (χ2n) is 9.12. The van der Waals surface area contributed by atoms with Gasteiger partial charge in [-0.05, 0) is 67.0 Å². The minimum absolute atomic E-state index is 0.0274. The molecule has 0 spiro atoms. The molecule has 1 fully saturated rings. The van der Waals surface area contributed by atoms with E-state index in [9.17, 15) is 9.59 Å². The lowest BCUT2D eigenvalue weighted by molar-refractivity contribution is -0.146. The van der Waals surface area contributed by atoms with Crippen molar-refractivity contribution in [3.8, 4) is 0 Å². The molecule has 1 saturated heterocycles. The van der Waals surface area contributed by atoms with E-state index in [1.165, 1.54) is 7.11 Å². The van der Waals surface area contributed by atoms with Gasteiger partial charge in [0.25, 0.3) is 5.91 Å². The first-order valence-electron chi connectivity index (χ1n) is 11.6. The Morgan fingerprint density at radius 1 is 1.12 bits per heavy atom. The largest absolute Gasteiger partial charge is 0.469 e. The Morgan fingerprint density at radius 2 is 1.91 bits per heavy atom. The quantitative estimate of drug-likeness (QED) is 0.533. The molecule has 6 nitrogen and oxygen atoms in total. The number of carbonyl (C=O) groups is 2. The Morgan fingerprint density at radius 3 is 2.64 bits per heavy atom. The average molecular weight is 445 g/mol. The Labute approximate surface area is 193 Å². The lowest BCUT2D eigenvalue weighted by Gasteiger charge is -2.33. The molecule has 2 aromatic heterocycles. The maximum absolute atomic E-state index is 13.9. The number of ether oxygens (including phenoxy) is 1. The summed E-state index contributed by atoms with van der Waals surface area (Å²) in [6, 6.07) is 11.7. The molecule has 0 saturated carbocycles. The highest BCUT2D eigenvalue weighted by atomic mass is 16.5. The van der Waals surface area contributed by atoms with Gasteiger partial charge in [0, 0.05) is 18.5 Å². The number of aromatic nitrogens is 1. The Balaban J connectivity index is 1.58. The minimum atomic E-state index is -0.185. The van der Waals surface area contributed by atoms with E-state index in [0.717, 1.165) is 51.9 Å². The highest BCUT2D eigenvalue weighted by Gasteiger charge is 2.33. The smallest absolute Gasteiger partial charge is 0.308 e. The minimum Gasteiger partial charge on any atom is -0.469 e. The van der Waals surface area contributed by atoms with Gasteiger partial charge in [0.1, 0.15) is 5.76 Å². The molecule has 0 bridgehead atoms. The number of esters is 1. The number of carbonyl (C=O) groups excluding carboxylic acids is 2. The lowest BCUT2D eigenvalue weighted by Crippen LogP contribution is -2.41. The Bertz CT molecular complexity index is 1220. The molecule has 1 aliphatic heterocycles. The molecule has 2 aliphatic rings. The third-order valence-corrected chi connectivity index (χ3v) is 6.81. The second-order valence-corrected chi connectivity index (χ2v) is 9.12. The van der Waals surface area contributed by atoms with Gasteiger partial charge in [0.2, 0.25) is 0 Å². The molecule has 5 rings (SSSR count). The molecule has 1 amide bonds. The standard InChI is InChI=1S/C27H28N2O4/c1-17-14-19(16-20-6-5-13-33-20)25-22(15-17)24(21-7-3-4-8-23(21)28-25)26(30)29-11-9-18(10-12-29)27(31)32-2/h3-8,13,16-18H,9-12,14-15H2,1-2H3. The first-order chi connectivity index (χ1) is 16.0. The summed E-state index contributed by atoms with van der Waals surface area (Å²) in [6.45, 7) is 3.31. The van der Waals surface area contributed by atoms with Gasteiger partial charge in [-0.25, -0.2) is 4.98 Å². The first-order valence-corrected chi connectivity index (χ1v) is 11.6. The topological polar surface area (TPSA) is 72.6 Å². The van der Waals surface area contributed by atoms with Crippen molar-refractivity contribution >= 4 is 34.4 Å². The van der Waals surface area contributed by atoms with Crippen LogP contribution in [0.3, 0.4) is 0 Å². The van der Waals surface area contributed by atoms with Gasteiger partial charge in [0.15, 0.2) is 0 Å². The van der Waals surface area contributed by atoms with E-state index in [1.54, 1.807) is 6.26 Å². The molecule has 1 atom stereocenters. The number of furan rings is 1. The number of pyridine rings is 1. The zero-order chi connectivity index (χ0) is 22.9. The van der Waals surface area contributed by atoms with E-state index < -0.39 is 0 Å². The van der Waals surface area contributed by atoms with Crippen LogP contribution in [0, 0.1) is 11.8 Å². The van der Waals surface area contributed by atoms with E-state index >= 15 is 0 Å². The summed E-state index contributed by atoms with van der Waals surface area (Å²) < 4.78 is 10.5. The SMILES string of the molecule is COC(=O)C1CCN(C(=O)c2c3c(nc4ccccc24)C(=Cc2ccco2)CC(C)C3)CC1. The van der Waals surface area contributed by atoms with E-state index in [2.05, 4.69) is 6.92 Å². The highest BCUT2D eigenvalue weighted by Crippen LogP contribution is 2.39. The number of hydrogen-bond acceptors (Lipinski definition) is 5. The zero-order valence-electron chi connectivity index (χ0n) is 19.0. The number of likely N-dealkylation sites (tertiary alicyclic amines) is 1. The number of allylic oxidation sites excluding steroid dienone is 1. The van der Waals surface area contributed by atoms with Crippen LogP contribution in [-0.2, 0) is 16.0 Å². The van der Waals surface area contributed by atoms with Crippen molar-refractivity contribution in [1.29, 1.82) is 0 Å². The van der Waals surface area contributed by atoms with Crippen LogP contribution in [0.2, 0.25) is 0 Å². The van der Waals surface area contributed by atoms with Crippen molar-refractivity contribution in [2.75, 3.05) is 20.2 Å². The number of methoxy groups -OCH3 is 1. The number of amides is 1. The lowest BCUT2D eigenvalue weighted by atomic mass is 9.80. The molecule has 0 radical (unpaired) electrons. The molecule has 3 aromatic rings. The summed E-state index contributed by atoms with van der Waals surface area (Å²) in [5.74, 6) is 0.885. The van der Waals surface area contributed by atoms with Gasteiger partial charge in [-0.1, -0.05) is 25.1 Å². The molecular formula is C27H28N2O4. The maximum atomic E-state index is 13.9. The summed E-state index contributed by atoms with van der Waals surface area (Å²) in [5.41, 5.74) is 4.59. The van der Waals surface area contributed by atoms with Crippen molar-refractivity contribution < 1.29 is 18.7 Å². The fourth-order valence-corrected chi connectivity index (χ4v) is 5.17. The Hall–Kier alpha value is -3.41. The summed E-state index contributed by atoms with van der Waals surface area (Å²) >= 11 is 0. The number of fused-ring (bicyclic) bond motifs is 2. The van der Waals surface area contributed by atoms with E-state index in [0.29, 0.717) is 31.8 Å². The predicted octanol–water partition coefficient (Wildman–Crippen LogP) is 4.98. The molecule has 0 N–H and O–H groups in total. The van der Waals surface area contributed by atoms with Crippen LogP contribution in [0.5, 0.6) is 0 Å². The van der Waals surface area contributed by atoms with E-state index in [1.807, 2.05) is 47.4 Å². The fourth-order valence-electron chi connectivity index (χ4n) is 5.17. The molecule has 1 unspecified atom stereocenters. The predicted molar refractivity (Wildman–Crippen MR) is 126 cm³/mol. The number of hydrogen-bond donors (Lipinski definition) is 0. The van der Waals surface area contributed by atoms with Crippen molar-refractivity contribution in [2.24, 2.45) is 11.8 Å². The molecule has 170 valence electrons. The summed E-state index contributed by atoms with van der Waals surface area (Å²) in [7, 11) is 1.42. The zero-order valence-corrected chi connectivity index (χ0v) is 19.0. The van der Waals surface area contributed by atoms with Crippen molar-refractivity contribution in [1.82, 2.24) is 9.88 Å². The van der Waals surface area contributed by atoms with Crippen LogP contribution in [0.1, 0.15) is 53.6 Å². The number of piperidine rings is 1. The molecular weight excluding hydrogens is 416 g/mol. The summed E-state index contributed by atoms with van der Waals surface area (Å²) in [6.07, 6.45) is 6.67. The van der Waals surface area contributed by atoms with Gasteiger partial charge in [-0.2, -0.15) is 0 Å². The normalized spacial score (nSPS) is 20.1. The number of nitrogens with zero attached hydrogens (tertiary/aromatic N) is 2. The second kappa shape index (κ2) is 8.85. The summed E-state index contributed by atoms with van der Waals surface area (Å²) in [4.78, 5) is 32.7. The Kier molecular flexibility index (Phi) is 5.75. The fraction of sp³-hybridized carbons (Fsp3) is 0.370. The third kappa shape index (κ3) is 4.06. The van der Waals surface area contributed by atoms with Gasteiger partial charge in [-0.3, -0.25) is 9.59 Å². The maximum Gasteiger partial charge on any atom is 0.308 e. The highest BCUT2D eigenvalue weighted by molar-refractivity contribution is 6.09. The molecule has 33 heavy (non-hydrogen) atoms. The van der Waals surface area contributed by atoms with Crippen molar-refractivity contribution in [2.45, 2.75) is 32.6 Å².